The van der Waals surface area contributed by atoms with E-state index in [0.717, 1.165) is 6.42 Å². The van der Waals surface area contributed by atoms with E-state index in [4.69, 9.17) is 4.74 Å². The Labute approximate surface area is 139 Å². The second-order valence-corrected chi connectivity index (χ2v) is 6.68. The van der Waals surface area contributed by atoms with E-state index in [1.165, 1.54) is 4.90 Å². The summed E-state index contributed by atoms with van der Waals surface area (Å²) < 4.78 is 5.20. The highest BCUT2D eigenvalue weighted by Crippen LogP contribution is 2.53. The quantitative estimate of drug-likeness (QED) is 0.282. The van der Waals surface area contributed by atoms with Gasteiger partial charge in [-0.25, -0.2) is 9.69 Å². The van der Waals surface area contributed by atoms with Crippen LogP contribution in [0, 0.1) is 23.7 Å². The number of benzene rings is 1. The molecule has 1 aromatic rings. The average molecular weight is 323 g/mol. The van der Waals surface area contributed by atoms with Crippen molar-refractivity contribution in [1.29, 1.82) is 0 Å². The van der Waals surface area contributed by atoms with Crippen molar-refractivity contribution in [3.05, 3.63) is 48.6 Å². The van der Waals surface area contributed by atoms with Gasteiger partial charge in [0.2, 0.25) is 11.8 Å². The molecule has 2 amide bonds. The van der Waals surface area contributed by atoms with Gasteiger partial charge in [-0.2, -0.15) is 0 Å². The van der Waals surface area contributed by atoms with Gasteiger partial charge in [0.05, 0.1) is 17.5 Å². The number of hydrogen-bond donors (Lipinski definition) is 0. The van der Waals surface area contributed by atoms with Crippen LogP contribution in [0.4, 0.5) is 5.69 Å². The second-order valence-electron chi connectivity index (χ2n) is 6.68. The lowest BCUT2D eigenvalue weighted by Gasteiger charge is -2.18. The van der Waals surface area contributed by atoms with Gasteiger partial charge in [0.15, 0.2) is 0 Å². The summed E-state index contributed by atoms with van der Waals surface area (Å²) in [5.41, 5.74) is 0.733. The molecule has 3 aliphatic rings. The molecule has 1 aliphatic heterocycles. The maximum atomic E-state index is 12.8. The number of ether oxygens (including phenoxy) is 1. The lowest BCUT2D eigenvalue weighted by atomic mass is 9.85. The van der Waals surface area contributed by atoms with Crippen molar-refractivity contribution in [2.45, 2.75) is 13.3 Å². The monoisotopic (exact) mass is 323 g/mol. The summed E-state index contributed by atoms with van der Waals surface area (Å²) in [6, 6.07) is 6.51. The topological polar surface area (TPSA) is 63.7 Å². The van der Waals surface area contributed by atoms with Gasteiger partial charge in [0, 0.05) is 11.6 Å². The Bertz CT molecular complexity index is 779. The number of imide groups is 1. The fraction of sp³-hybridized carbons (Fsp3) is 0.316. The number of nitrogens with zero attached hydrogens (tertiary/aromatic N) is 1. The number of carbonyl (C=O) groups is 3. The number of fused-ring (bicyclic) bond motifs is 5. The molecule has 2 bridgehead atoms. The first-order valence-electron chi connectivity index (χ1n) is 8.01. The van der Waals surface area contributed by atoms with Gasteiger partial charge in [0.25, 0.3) is 0 Å². The Morgan fingerprint density at radius 3 is 2.38 bits per heavy atom. The SMILES string of the molecule is C=C(C)C(=O)Oc1cccc(N2C(=O)[C@@H]3[C@H](C2=O)[C@H]2C=C[C@@H]3C2)c1. The highest BCUT2D eigenvalue weighted by Gasteiger charge is 2.59. The van der Waals surface area contributed by atoms with Crippen LogP contribution < -0.4 is 9.64 Å². The van der Waals surface area contributed by atoms with Gasteiger partial charge < -0.3 is 4.74 Å². The molecule has 4 rings (SSSR count). The van der Waals surface area contributed by atoms with Gasteiger partial charge in [-0.3, -0.25) is 9.59 Å². The van der Waals surface area contributed by atoms with Gasteiger partial charge in [-0.15, -0.1) is 0 Å². The van der Waals surface area contributed by atoms with E-state index in [2.05, 4.69) is 18.7 Å². The van der Waals surface area contributed by atoms with E-state index < -0.39 is 5.97 Å². The first-order chi connectivity index (χ1) is 11.5. The average Bonchev–Trinajstić information content (AvgIpc) is 3.21. The lowest BCUT2D eigenvalue weighted by molar-refractivity contribution is -0.130. The van der Waals surface area contributed by atoms with Gasteiger partial charge in [-0.05, 0) is 37.3 Å². The van der Waals surface area contributed by atoms with Gasteiger partial charge >= 0.3 is 5.97 Å². The minimum absolute atomic E-state index is 0.148. The summed E-state index contributed by atoms with van der Waals surface area (Å²) in [5.74, 6) is -0.681. The van der Waals surface area contributed by atoms with Crippen LogP contribution in [0.25, 0.3) is 0 Å². The summed E-state index contributed by atoms with van der Waals surface area (Å²) >= 11 is 0. The third kappa shape index (κ3) is 2.04. The van der Waals surface area contributed by atoms with E-state index in [9.17, 15) is 14.4 Å². The molecule has 0 aromatic heterocycles. The standard InChI is InChI=1S/C19H17NO4/c1-10(2)19(23)24-14-5-3-4-13(9-14)20-17(21)15-11-6-7-12(8-11)16(15)18(20)22/h3-7,9,11-12,15-16H,1,8H2,2H3/t11-,12+,15+,16-. The molecule has 5 nitrogen and oxygen atoms in total. The van der Waals surface area contributed by atoms with Crippen molar-refractivity contribution in [1.82, 2.24) is 0 Å². The number of anilines is 1. The van der Waals surface area contributed by atoms with E-state index >= 15 is 0 Å². The molecule has 0 spiro atoms. The number of amides is 2. The predicted octanol–water partition coefficient (Wildman–Crippen LogP) is 2.48. The minimum Gasteiger partial charge on any atom is -0.423 e. The summed E-state index contributed by atoms with van der Waals surface area (Å²) in [6.45, 7) is 5.10. The minimum atomic E-state index is -0.537. The van der Waals surface area contributed by atoms with Crippen molar-refractivity contribution in [2.24, 2.45) is 23.7 Å². The first-order valence-corrected chi connectivity index (χ1v) is 8.01. The number of esters is 1. The summed E-state index contributed by atoms with van der Waals surface area (Å²) in [7, 11) is 0. The Balaban J connectivity index is 1.63. The maximum absolute atomic E-state index is 12.8. The van der Waals surface area contributed by atoms with Crippen LogP contribution in [0.2, 0.25) is 0 Å². The predicted molar refractivity (Wildman–Crippen MR) is 87.1 cm³/mol. The second kappa shape index (κ2) is 5.16. The van der Waals surface area contributed by atoms with E-state index in [1.54, 1.807) is 31.2 Å². The highest BCUT2D eigenvalue weighted by molar-refractivity contribution is 6.22. The maximum Gasteiger partial charge on any atom is 0.338 e. The molecule has 1 saturated heterocycles. The van der Waals surface area contributed by atoms with E-state index in [-0.39, 0.29) is 41.1 Å². The van der Waals surface area contributed by atoms with Gasteiger partial charge in [-0.1, -0.05) is 24.8 Å². The fourth-order valence-corrected chi connectivity index (χ4v) is 4.04. The summed E-state index contributed by atoms with van der Waals surface area (Å²) in [5, 5.41) is 0. The van der Waals surface area contributed by atoms with Crippen LogP contribution in [-0.2, 0) is 14.4 Å². The third-order valence-electron chi connectivity index (χ3n) is 5.11. The molecular formula is C19H17NO4. The normalized spacial score (nSPS) is 30.0. The van der Waals surface area contributed by atoms with Crippen molar-refractivity contribution in [2.75, 3.05) is 4.90 Å². The van der Waals surface area contributed by atoms with Crippen LogP contribution in [0.3, 0.4) is 0 Å². The van der Waals surface area contributed by atoms with Crippen LogP contribution >= 0.6 is 0 Å². The molecule has 1 saturated carbocycles. The number of rotatable bonds is 3. The number of allylic oxidation sites excluding steroid dienone is 2. The molecule has 0 unspecified atom stereocenters. The summed E-state index contributed by atoms with van der Waals surface area (Å²) in [4.78, 5) is 38.5. The Morgan fingerprint density at radius 1 is 1.17 bits per heavy atom. The molecule has 0 N–H and O–H groups in total. The Morgan fingerprint density at radius 2 is 1.79 bits per heavy atom. The van der Waals surface area contributed by atoms with Crippen molar-refractivity contribution in [3.8, 4) is 5.75 Å². The molecule has 2 aliphatic carbocycles. The molecule has 4 atom stereocenters. The van der Waals surface area contributed by atoms with E-state index in [0.29, 0.717) is 11.4 Å². The summed E-state index contributed by atoms with van der Waals surface area (Å²) in [6.07, 6.45) is 5.02. The molecule has 2 fully saturated rings. The van der Waals surface area contributed by atoms with Crippen LogP contribution in [0.5, 0.6) is 5.75 Å². The smallest absolute Gasteiger partial charge is 0.338 e. The molecule has 5 heteroatoms. The van der Waals surface area contributed by atoms with Crippen LogP contribution in [-0.4, -0.2) is 17.8 Å². The highest BCUT2D eigenvalue weighted by atomic mass is 16.5. The molecular weight excluding hydrogens is 306 g/mol. The molecule has 24 heavy (non-hydrogen) atoms. The Kier molecular flexibility index (Phi) is 3.20. The van der Waals surface area contributed by atoms with Crippen molar-refractivity contribution < 1.29 is 19.1 Å². The number of hydrogen-bond acceptors (Lipinski definition) is 4. The zero-order chi connectivity index (χ0) is 17.0. The van der Waals surface area contributed by atoms with Crippen molar-refractivity contribution >= 4 is 23.5 Å². The van der Waals surface area contributed by atoms with Crippen molar-refractivity contribution in [3.63, 3.8) is 0 Å². The van der Waals surface area contributed by atoms with Crippen LogP contribution in [0.15, 0.2) is 48.6 Å². The first kappa shape index (κ1) is 14.9. The third-order valence-corrected chi connectivity index (χ3v) is 5.11. The zero-order valence-corrected chi connectivity index (χ0v) is 13.3. The number of carbonyl (C=O) groups excluding carboxylic acids is 3. The Hall–Kier alpha value is -2.69. The molecule has 1 heterocycles. The lowest BCUT2D eigenvalue weighted by Crippen LogP contribution is -2.32. The van der Waals surface area contributed by atoms with Crippen LogP contribution in [0.1, 0.15) is 13.3 Å². The van der Waals surface area contributed by atoms with Gasteiger partial charge in [0.1, 0.15) is 5.75 Å². The molecule has 122 valence electrons. The zero-order valence-electron chi connectivity index (χ0n) is 13.3. The fourth-order valence-electron chi connectivity index (χ4n) is 4.04. The van der Waals surface area contributed by atoms with E-state index in [1.807, 2.05) is 0 Å². The largest absolute Gasteiger partial charge is 0.423 e. The molecule has 0 radical (unpaired) electrons. The molecule has 1 aromatic carbocycles.